The Labute approximate surface area is 170 Å². The minimum Gasteiger partial charge on any atom is -0.326 e. The summed E-state index contributed by atoms with van der Waals surface area (Å²) < 4.78 is 49.5. The highest BCUT2D eigenvalue weighted by Crippen LogP contribution is 2.25. The third-order valence-corrected chi connectivity index (χ3v) is 7.78. The largest absolute Gasteiger partial charge is 0.326 e. The first kappa shape index (κ1) is 21.4. The van der Waals surface area contributed by atoms with Gasteiger partial charge in [-0.25, -0.2) is 22.0 Å². The lowest BCUT2D eigenvalue weighted by Gasteiger charge is -2.30. The monoisotopic (exact) mass is 437 g/mol. The summed E-state index contributed by atoms with van der Waals surface area (Å²) in [6.45, 7) is 2.42. The summed E-state index contributed by atoms with van der Waals surface area (Å²) in [5.41, 5.74) is 1.44. The molecule has 2 aromatic carbocycles. The van der Waals surface area contributed by atoms with Crippen LogP contribution in [0.5, 0.6) is 0 Å². The fourth-order valence-corrected chi connectivity index (χ4v) is 5.18. The fraction of sp³-hybridized carbons (Fsp3) is 0.316. The summed E-state index contributed by atoms with van der Waals surface area (Å²) >= 11 is 0. The number of benzene rings is 2. The van der Waals surface area contributed by atoms with Gasteiger partial charge >= 0.3 is 0 Å². The van der Waals surface area contributed by atoms with Gasteiger partial charge in [0.1, 0.15) is 0 Å². The zero-order chi connectivity index (χ0) is 21.2. The van der Waals surface area contributed by atoms with Crippen molar-refractivity contribution < 1.29 is 21.6 Å². The molecule has 1 fully saturated rings. The number of aryl methyl sites for hydroxylation is 1. The van der Waals surface area contributed by atoms with Crippen molar-refractivity contribution in [1.29, 1.82) is 0 Å². The Morgan fingerprint density at radius 2 is 1.45 bits per heavy atom. The Morgan fingerprint density at radius 3 is 1.97 bits per heavy atom. The molecule has 1 amide bonds. The van der Waals surface area contributed by atoms with Gasteiger partial charge in [0, 0.05) is 24.7 Å². The molecule has 0 saturated carbocycles. The first-order chi connectivity index (χ1) is 13.6. The number of sulfonamides is 2. The van der Waals surface area contributed by atoms with Crippen LogP contribution in [0.2, 0.25) is 0 Å². The van der Waals surface area contributed by atoms with Crippen molar-refractivity contribution in [2.24, 2.45) is 11.1 Å². The molecule has 0 bridgehead atoms. The molecule has 0 aromatic heterocycles. The van der Waals surface area contributed by atoms with Crippen molar-refractivity contribution in [2.45, 2.75) is 29.6 Å². The summed E-state index contributed by atoms with van der Waals surface area (Å²) in [6.07, 6.45) is 0.818. The van der Waals surface area contributed by atoms with Crippen molar-refractivity contribution in [3.05, 3.63) is 54.1 Å². The van der Waals surface area contributed by atoms with E-state index in [1.54, 1.807) is 24.3 Å². The molecule has 0 unspecified atom stereocenters. The molecule has 0 atom stereocenters. The Kier molecular flexibility index (Phi) is 6.08. The molecule has 10 heteroatoms. The van der Waals surface area contributed by atoms with Gasteiger partial charge in [0.15, 0.2) is 0 Å². The van der Waals surface area contributed by atoms with Crippen LogP contribution in [0, 0.1) is 12.8 Å². The number of primary sulfonamides is 1. The summed E-state index contributed by atoms with van der Waals surface area (Å²) in [6, 6.07) is 12.3. The smallest absolute Gasteiger partial charge is 0.243 e. The van der Waals surface area contributed by atoms with E-state index in [0.717, 1.165) is 5.56 Å². The maximum absolute atomic E-state index is 12.7. The van der Waals surface area contributed by atoms with E-state index in [4.69, 9.17) is 5.14 Å². The number of nitrogens with zero attached hydrogens (tertiary/aromatic N) is 1. The number of hydrogen-bond acceptors (Lipinski definition) is 5. The molecule has 0 aliphatic carbocycles. The zero-order valence-corrected chi connectivity index (χ0v) is 17.5. The van der Waals surface area contributed by atoms with Crippen LogP contribution in [-0.2, 0) is 24.8 Å². The average Bonchev–Trinajstić information content (AvgIpc) is 2.68. The molecule has 0 radical (unpaired) electrons. The van der Waals surface area contributed by atoms with Crippen molar-refractivity contribution in [2.75, 3.05) is 18.4 Å². The van der Waals surface area contributed by atoms with Gasteiger partial charge in [0.25, 0.3) is 0 Å². The topological polar surface area (TPSA) is 127 Å². The summed E-state index contributed by atoms with van der Waals surface area (Å²) in [4.78, 5) is 12.7. The molecule has 3 rings (SSSR count). The van der Waals surface area contributed by atoms with Gasteiger partial charge in [-0.1, -0.05) is 17.7 Å². The Bertz CT molecular complexity index is 1090. The number of hydrogen-bond donors (Lipinski definition) is 2. The Balaban J connectivity index is 1.60. The summed E-state index contributed by atoms with van der Waals surface area (Å²) in [7, 11) is -7.36. The predicted octanol–water partition coefficient (Wildman–Crippen LogP) is 1.68. The number of nitrogens with two attached hydrogens (primary N) is 1. The van der Waals surface area contributed by atoms with Crippen LogP contribution >= 0.6 is 0 Å². The van der Waals surface area contributed by atoms with Gasteiger partial charge in [-0.05, 0) is 56.2 Å². The highest BCUT2D eigenvalue weighted by Gasteiger charge is 2.32. The van der Waals surface area contributed by atoms with Crippen molar-refractivity contribution >= 4 is 31.6 Å². The van der Waals surface area contributed by atoms with E-state index in [1.807, 2.05) is 6.92 Å². The second-order valence-corrected chi connectivity index (χ2v) is 10.5. The highest BCUT2D eigenvalue weighted by molar-refractivity contribution is 7.89. The molecule has 3 N–H and O–H groups in total. The number of amides is 1. The van der Waals surface area contributed by atoms with Crippen LogP contribution in [0.15, 0.2) is 58.3 Å². The molecule has 2 aromatic rings. The first-order valence-corrected chi connectivity index (χ1v) is 12.1. The van der Waals surface area contributed by atoms with E-state index in [0.29, 0.717) is 18.5 Å². The van der Waals surface area contributed by atoms with Crippen molar-refractivity contribution in [3.63, 3.8) is 0 Å². The molecular weight excluding hydrogens is 414 g/mol. The lowest BCUT2D eigenvalue weighted by molar-refractivity contribution is -0.120. The lowest BCUT2D eigenvalue weighted by atomic mass is 9.97. The highest BCUT2D eigenvalue weighted by atomic mass is 32.2. The SMILES string of the molecule is Cc1ccc(S(=O)(=O)N2CCC(C(=O)Nc3ccc(S(N)(=O)=O)cc3)CC2)cc1. The van der Waals surface area contributed by atoms with Crippen LogP contribution in [0.4, 0.5) is 5.69 Å². The third-order valence-electron chi connectivity index (χ3n) is 4.93. The van der Waals surface area contributed by atoms with Gasteiger partial charge in [-0.15, -0.1) is 0 Å². The van der Waals surface area contributed by atoms with E-state index >= 15 is 0 Å². The van der Waals surface area contributed by atoms with E-state index in [-0.39, 0.29) is 34.7 Å². The molecule has 0 spiro atoms. The second-order valence-electron chi connectivity index (χ2n) is 7.05. The molecule has 1 aliphatic heterocycles. The molecule has 1 aliphatic rings. The predicted molar refractivity (Wildman–Crippen MR) is 109 cm³/mol. The van der Waals surface area contributed by atoms with Crippen molar-refractivity contribution in [1.82, 2.24) is 4.31 Å². The zero-order valence-electron chi connectivity index (χ0n) is 15.9. The van der Waals surface area contributed by atoms with E-state index in [1.165, 1.54) is 28.6 Å². The number of anilines is 1. The molecule has 29 heavy (non-hydrogen) atoms. The average molecular weight is 438 g/mol. The maximum atomic E-state index is 12.7. The van der Waals surface area contributed by atoms with E-state index in [2.05, 4.69) is 5.32 Å². The minimum atomic E-state index is -3.79. The standard InChI is InChI=1S/C19H23N3O5S2/c1-14-2-6-18(7-3-14)29(26,27)22-12-10-15(11-13-22)19(23)21-16-4-8-17(9-5-16)28(20,24)25/h2-9,15H,10-13H2,1H3,(H,21,23)(H2,20,24,25). The number of rotatable bonds is 5. The summed E-state index contributed by atoms with van der Waals surface area (Å²) in [5, 5.41) is 7.79. The third kappa shape index (κ3) is 5.02. The Hall–Kier alpha value is -2.27. The van der Waals surface area contributed by atoms with Gasteiger partial charge in [0.05, 0.1) is 9.79 Å². The van der Waals surface area contributed by atoms with Gasteiger partial charge in [-0.2, -0.15) is 4.31 Å². The number of carbonyl (C=O) groups excluding carboxylic acids is 1. The molecule has 156 valence electrons. The van der Waals surface area contributed by atoms with Crippen LogP contribution in [0.1, 0.15) is 18.4 Å². The van der Waals surface area contributed by atoms with Gasteiger partial charge in [0.2, 0.25) is 26.0 Å². The van der Waals surface area contributed by atoms with E-state index < -0.39 is 20.0 Å². The van der Waals surface area contributed by atoms with Crippen LogP contribution in [0.3, 0.4) is 0 Å². The quantitative estimate of drug-likeness (QED) is 0.736. The first-order valence-electron chi connectivity index (χ1n) is 9.08. The number of carbonyl (C=O) groups is 1. The normalized spacial score (nSPS) is 16.5. The second kappa shape index (κ2) is 8.23. The van der Waals surface area contributed by atoms with E-state index in [9.17, 15) is 21.6 Å². The van der Waals surface area contributed by atoms with Crippen molar-refractivity contribution in [3.8, 4) is 0 Å². The molecule has 8 nitrogen and oxygen atoms in total. The van der Waals surface area contributed by atoms with Gasteiger partial charge < -0.3 is 5.32 Å². The minimum absolute atomic E-state index is 0.0369. The molecular formula is C19H23N3O5S2. The van der Waals surface area contributed by atoms with Crippen LogP contribution in [0.25, 0.3) is 0 Å². The fourth-order valence-electron chi connectivity index (χ4n) is 3.19. The number of piperidine rings is 1. The van der Waals surface area contributed by atoms with Crippen LogP contribution in [-0.4, -0.2) is 40.1 Å². The lowest BCUT2D eigenvalue weighted by Crippen LogP contribution is -2.41. The maximum Gasteiger partial charge on any atom is 0.243 e. The summed E-state index contributed by atoms with van der Waals surface area (Å²) in [5.74, 6) is -0.543. The molecule has 1 saturated heterocycles. The Morgan fingerprint density at radius 1 is 0.931 bits per heavy atom. The van der Waals surface area contributed by atoms with Gasteiger partial charge in [-0.3, -0.25) is 4.79 Å². The molecule has 1 heterocycles. The number of nitrogens with one attached hydrogen (secondary N) is 1. The van der Waals surface area contributed by atoms with Crippen LogP contribution < -0.4 is 10.5 Å².